The molecule has 0 bridgehead atoms. The van der Waals surface area contributed by atoms with Crippen LogP contribution >= 0.6 is 7.87 Å². The number of hydrogen-bond acceptors (Lipinski definition) is 5. The predicted octanol–water partition coefficient (Wildman–Crippen LogP) is 1.30. The SMILES string of the molecule is C=C(C)C(=O)NCCC[N+](C)(C)CCCCCCN(CCCCCCCCCCCC)[P+](N(C)C)(N(C)C)N(C)C.[Br-].[Br-]. The monoisotopic (exact) mass is 758 g/mol. The van der Waals surface area contributed by atoms with Crippen LogP contribution in [0.3, 0.4) is 0 Å². The van der Waals surface area contributed by atoms with Crippen LogP contribution in [0.1, 0.15) is 110 Å². The van der Waals surface area contributed by atoms with E-state index in [-0.39, 0.29) is 39.9 Å². The molecule has 0 heterocycles. The fraction of sp³-hybridized carbons (Fsp3) is 0.909. The van der Waals surface area contributed by atoms with Gasteiger partial charge in [0.1, 0.15) is 0 Å². The molecule has 7 nitrogen and oxygen atoms in total. The van der Waals surface area contributed by atoms with Crippen LogP contribution in [0.2, 0.25) is 0 Å². The Labute approximate surface area is 291 Å². The van der Waals surface area contributed by atoms with Crippen LogP contribution in [0, 0.1) is 0 Å². The summed E-state index contributed by atoms with van der Waals surface area (Å²) in [5.74, 6) is -0.0261. The number of amides is 1. The third-order valence-electron chi connectivity index (χ3n) is 8.30. The van der Waals surface area contributed by atoms with E-state index in [0.29, 0.717) is 5.57 Å². The first-order valence-electron chi connectivity index (χ1n) is 16.8. The first kappa shape index (κ1) is 47.8. The van der Waals surface area contributed by atoms with E-state index in [1.807, 2.05) is 0 Å². The van der Waals surface area contributed by atoms with Gasteiger partial charge in [-0.2, -0.15) is 0 Å². The lowest BCUT2D eigenvalue weighted by Crippen LogP contribution is -3.00. The van der Waals surface area contributed by atoms with E-state index in [0.717, 1.165) is 24.0 Å². The van der Waals surface area contributed by atoms with Crippen molar-refractivity contribution < 1.29 is 43.2 Å². The number of carbonyl (C=O) groups excluding carboxylic acids is 1. The second-order valence-corrected chi connectivity index (χ2v) is 17.4. The van der Waals surface area contributed by atoms with Gasteiger partial charge in [0.25, 0.3) is 0 Å². The van der Waals surface area contributed by atoms with E-state index in [2.05, 4.69) is 93.9 Å². The molecule has 0 aliphatic carbocycles. The van der Waals surface area contributed by atoms with E-state index in [1.165, 1.54) is 110 Å². The van der Waals surface area contributed by atoms with Crippen molar-refractivity contribution >= 4 is 13.8 Å². The Bertz CT molecular complexity index is 673. The Morgan fingerprint density at radius 2 is 1.02 bits per heavy atom. The molecule has 0 unspecified atom stereocenters. The Morgan fingerprint density at radius 3 is 1.42 bits per heavy atom. The summed E-state index contributed by atoms with van der Waals surface area (Å²) in [4.78, 5) is 11.7. The number of halogens is 2. The molecule has 0 aromatic rings. The quantitative estimate of drug-likeness (QED) is 0.0593. The van der Waals surface area contributed by atoms with E-state index < -0.39 is 7.87 Å². The van der Waals surface area contributed by atoms with E-state index in [4.69, 9.17) is 0 Å². The van der Waals surface area contributed by atoms with Crippen LogP contribution in [-0.4, -0.2) is 118 Å². The van der Waals surface area contributed by atoms with Crippen molar-refractivity contribution in [1.82, 2.24) is 24.0 Å². The molecule has 0 aliphatic rings. The van der Waals surface area contributed by atoms with Gasteiger partial charge in [0.15, 0.2) is 0 Å². The van der Waals surface area contributed by atoms with Crippen LogP contribution in [0.15, 0.2) is 12.2 Å². The van der Waals surface area contributed by atoms with Crippen LogP contribution in [0.25, 0.3) is 0 Å². The number of hydrogen-bond donors (Lipinski definition) is 1. The fourth-order valence-electron chi connectivity index (χ4n) is 6.15. The second-order valence-electron chi connectivity index (χ2n) is 13.4. The summed E-state index contributed by atoms with van der Waals surface area (Å²) >= 11 is 0. The highest BCUT2D eigenvalue weighted by molar-refractivity contribution is 7.66. The van der Waals surface area contributed by atoms with Crippen molar-refractivity contribution in [2.75, 3.05) is 89.1 Å². The van der Waals surface area contributed by atoms with Crippen molar-refractivity contribution in [2.45, 2.75) is 110 Å². The minimum atomic E-state index is -1.72. The standard InChI is InChI=1S/C33H72N6OP.2BrH/c1-12-13-14-15-16-17-18-19-20-23-28-38(41(35(4)5,36(6)7)37(8)9)29-24-21-22-25-30-39(10,11)31-26-27-34-33(40)32(2)3;;/h2,12-31H2,1,3-11H3;2*1H/q+1;;/p-1. The summed E-state index contributed by atoms with van der Waals surface area (Å²) < 4.78 is 11.3. The molecule has 0 rings (SSSR count). The average Bonchev–Trinajstić information content (AvgIpc) is 2.88. The summed E-state index contributed by atoms with van der Waals surface area (Å²) in [6.45, 7) is 13.1. The van der Waals surface area contributed by atoms with Gasteiger partial charge in [0, 0.05) is 73.9 Å². The largest absolute Gasteiger partial charge is 1.00 e. The number of quaternary nitrogens is 1. The highest BCUT2D eigenvalue weighted by Gasteiger charge is 2.53. The van der Waals surface area contributed by atoms with E-state index >= 15 is 0 Å². The zero-order valence-electron chi connectivity index (χ0n) is 30.2. The van der Waals surface area contributed by atoms with Crippen molar-refractivity contribution in [2.24, 2.45) is 0 Å². The Kier molecular flexibility index (Phi) is 30.6. The third-order valence-corrected chi connectivity index (χ3v) is 12.7. The lowest BCUT2D eigenvalue weighted by molar-refractivity contribution is -0.890. The van der Waals surface area contributed by atoms with Crippen LogP contribution in [0.5, 0.6) is 0 Å². The number of nitrogens with one attached hydrogen (secondary N) is 1. The molecular formula is C33H73Br2N6OP. The zero-order chi connectivity index (χ0) is 31.3. The summed E-state index contributed by atoms with van der Waals surface area (Å²) in [7, 11) is 16.5. The number of nitrogens with zero attached hydrogens (tertiary/aromatic N) is 5. The average molecular weight is 761 g/mol. The molecule has 0 atom stereocenters. The van der Waals surface area contributed by atoms with Crippen molar-refractivity contribution in [3.05, 3.63) is 12.2 Å². The highest BCUT2D eigenvalue weighted by atomic mass is 79.9. The molecule has 260 valence electrons. The third kappa shape index (κ3) is 20.3. The van der Waals surface area contributed by atoms with Gasteiger partial charge in [-0.25, -0.2) is 0 Å². The topological polar surface area (TPSA) is 42.1 Å². The van der Waals surface area contributed by atoms with Gasteiger partial charge in [-0.1, -0.05) is 77.7 Å². The molecule has 0 aromatic carbocycles. The van der Waals surface area contributed by atoms with Gasteiger partial charge < -0.3 is 43.8 Å². The highest BCUT2D eigenvalue weighted by Crippen LogP contribution is 2.66. The number of carbonyl (C=O) groups is 1. The summed E-state index contributed by atoms with van der Waals surface area (Å²) in [5.41, 5.74) is 0.585. The van der Waals surface area contributed by atoms with Gasteiger partial charge in [-0.3, -0.25) is 4.79 Å². The van der Waals surface area contributed by atoms with Crippen molar-refractivity contribution in [3.63, 3.8) is 0 Å². The molecule has 0 aromatic heterocycles. The molecule has 0 radical (unpaired) electrons. The van der Waals surface area contributed by atoms with Gasteiger partial charge in [-0.15, -0.1) is 18.7 Å². The normalized spacial score (nSPS) is 12.1. The van der Waals surface area contributed by atoms with E-state index in [1.54, 1.807) is 6.92 Å². The Morgan fingerprint density at radius 1 is 0.651 bits per heavy atom. The van der Waals surface area contributed by atoms with Gasteiger partial charge in [0.05, 0.1) is 27.2 Å². The van der Waals surface area contributed by atoms with Crippen LogP contribution in [0.4, 0.5) is 0 Å². The minimum Gasteiger partial charge on any atom is -1.00 e. The first-order chi connectivity index (χ1) is 19.3. The molecule has 1 amide bonds. The molecule has 0 spiro atoms. The van der Waals surface area contributed by atoms with Gasteiger partial charge in [0.2, 0.25) is 5.91 Å². The van der Waals surface area contributed by atoms with Gasteiger partial charge in [-0.05, 0) is 32.6 Å². The summed E-state index contributed by atoms with van der Waals surface area (Å²) in [6, 6.07) is 0. The zero-order valence-corrected chi connectivity index (χ0v) is 34.3. The van der Waals surface area contributed by atoms with Crippen molar-refractivity contribution in [3.8, 4) is 0 Å². The fourth-order valence-corrected chi connectivity index (χ4v) is 10.6. The first-order valence-corrected chi connectivity index (χ1v) is 18.4. The predicted molar refractivity (Wildman–Crippen MR) is 184 cm³/mol. The molecule has 0 saturated carbocycles. The van der Waals surface area contributed by atoms with Gasteiger partial charge >= 0.3 is 7.87 Å². The van der Waals surface area contributed by atoms with Crippen molar-refractivity contribution in [1.29, 1.82) is 0 Å². The lowest BCUT2D eigenvalue weighted by atomic mass is 10.1. The molecule has 10 heteroatoms. The Hall–Kier alpha value is 0.400. The van der Waals surface area contributed by atoms with Crippen LogP contribution < -0.4 is 39.3 Å². The summed E-state index contributed by atoms with van der Waals surface area (Å²) in [5, 5.41) is 2.96. The molecular weight excluding hydrogens is 687 g/mol. The maximum atomic E-state index is 11.7. The van der Waals surface area contributed by atoms with E-state index in [9.17, 15) is 4.79 Å². The molecule has 1 N–H and O–H groups in total. The Balaban J connectivity index is -0.00000800. The number of rotatable bonds is 27. The smallest absolute Gasteiger partial charge is 0.307 e. The molecule has 0 saturated heterocycles. The maximum Gasteiger partial charge on any atom is 0.307 e. The minimum absolute atomic E-state index is 0. The van der Waals surface area contributed by atoms with Crippen LogP contribution in [-0.2, 0) is 4.79 Å². The second kappa shape index (κ2) is 27.5. The molecule has 0 fully saturated rings. The maximum absolute atomic E-state index is 11.7. The molecule has 0 aliphatic heterocycles. The molecule has 43 heavy (non-hydrogen) atoms. The number of unbranched alkanes of at least 4 members (excludes halogenated alkanes) is 12. The lowest BCUT2D eigenvalue weighted by Gasteiger charge is -2.45. The summed E-state index contributed by atoms with van der Waals surface area (Å²) in [6.07, 6.45) is 20.0.